The number of rotatable bonds is 7. The van der Waals surface area contributed by atoms with Crippen LogP contribution in [0, 0.1) is 0 Å². The lowest BCUT2D eigenvalue weighted by Gasteiger charge is -2.14. The van der Waals surface area contributed by atoms with E-state index in [2.05, 4.69) is 15.6 Å². The van der Waals surface area contributed by atoms with Gasteiger partial charge in [0.15, 0.2) is 6.39 Å². The molecule has 3 aromatic rings. The van der Waals surface area contributed by atoms with Crippen LogP contribution in [-0.2, 0) is 17.8 Å². The summed E-state index contributed by atoms with van der Waals surface area (Å²) in [4.78, 5) is 28.4. The number of carbonyl (C=O) groups is 2. The molecule has 0 radical (unpaired) electrons. The first-order chi connectivity index (χ1) is 14.5. The van der Waals surface area contributed by atoms with E-state index in [1.54, 1.807) is 36.4 Å². The summed E-state index contributed by atoms with van der Waals surface area (Å²) in [5.41, 5.74) is 2.92. The van der Waals surface area contributed by atoms with Gasteiger partial charge in [-0.15, -0.1) is 0 Å². The Morgan fingerprint density at radius 1 is 1.13 bits per heavy atom. The van der Waals surface area contributed by atoms with E-state index in [9.17, 15) is 9.59 Å². The Bertz CT molecular complexity index is 1000. The van der Waals surface area contributed by atoms with E-state index in [1.807, 2.05) is 26.0 Å². The fourth-order valence-corrected chi connectivity index (χ4v) is 2.92. The molecule has 0 spiro atoms. The summed E-state index contributed by atoms with van der Waals surface area (Å²) in [5, 5.41) is 6.18. The van der Waals surface area contributed by atoms with Crippen molar-refractivity contribution in [3.63, 3.8) is 0 Å². The Hall–Kier alpha value is -3.32. The van der Waals surface area contributed by atoms with E-state index in [0.29, 0.717) is 22.8 Å². The molecular formula is C22H22ClN3O4. The van der Waals surface area contributed by atoms with Gasteiger partial charge in [-0.05, 0) is 48.7 Å². The minimum absolute atomic E-state index is 0.144. The minimum Gasteiger partial charge on any atom is -0.444 e. The number of halogens is 1. The van der Waals surface area contributed by atoms with Crippen LogP contribution in [0.4, 0.5) is 10.5 Å². The average molecular weight is 428 g/mol. The van der Waals surface area contributed by atoms with Crippen LogP contribution in [0.1, 0.15) is 47.3 Å². The second-order valence-electron chi connectivity index (χ2n) is 6.63. The van der Waals surface area contributed by atoms with Gasteiger partial charge in [-0.2, -0.15) is 0 Å². The maximum Gasteiger partial charge on any atom is 0.411 e. The Balaban J connectivity index is 1.51. The number of amides is 2. The van der Waals surface area contributed by atoms with E-state index < -0.39 is 6.09 Å². The summed E-state index contributed by atoms with van der Waals surface area (Å²) < 4.78 is 10.4. The maximum absolute atomic E-state index is 12.4. The monoisotopic (exact) mass is 427 g/mol. The highest BCUT2D eigenvalue weighted by atomic mass is 35.5. The lowest BCUT2D eigenvalue weighted by Crippen LogP contribution is -2.27. The van der Waals surface area contributed by atoms with Crippen LogP contribution < -0.4 is 10.6 Å². The molecule has 0 aliphatic heterocycles. The lowest BCUT2D eigenvalue weighted by atomic mass is 10.1. The van der Waals surface area contributed by atoms with E-state index in [4.69, 9.17) is 20.8 Å². The van der Waals surface area contributed by atoms with E-state index >= 15 is 0 Å². The number of nitrogens with zero attached hydrogens (tertiary/aromatic N) is 1. The van der Waals surface area contributed by atoms with Gasteiger partial charge in [0.2, 0.25) is 5.76 Å². The summed E-state index contributed by atoms with van der Waals surface area (Å²) in [6, 6.07) is 13.9. The zero-order valence-corrected chi connectivity index (χ0v) is 17.4. The number of hydrogen-bond donors (Lipinski definition) is 2. The molecule has 0 bridgehead atoms. The van der Waals surface area contributed by atoms with Gasteiger partial charge in [0.25, 0.3) is 5.91 Å². The number of aromatic nitrogens is 1. The van der Waals surface area contributed by atoms with Gasteiger partial charge in [0.05, 0.1) is 11.7 Å². The number of aryl methyl sites for hydroxylation is 1. The third kappa shape index (κ3) is 5.61. The van der Waals surface area contributed by atoms with Gasteiger partial charge >= 0.3 is 6.09 Å². The van der Waals surface area contributed by atoms with Crippen LogP contribution in [-0.4, -0.2) is 17.0 Å². The van der Waals surface area contributed by atoms with Gasteiger partial charge in [-0.1, -0.05) is 42.8 Å². The van der Waals surface area contributed by atoms with Crippen molar-refractivity contribution in [2.75, 3.05) is 5.32 Å². The molecule has 30 heavy (non-hydrogen) atoms. The number of anilines is 1. The number of ether oxygens (including phenoxy) is 1. The molecule has 0 saturated heterocycles. The molecular weight excluding hydrogens is 406 g/mol. The highest BCUT2D eigenvalue weighted by Gasteiger charge is 2.18. The predicted molar refractivity (Wildman–Crippen MR) is 113 cm³/mol. The molecule has 0 saturated carbocycles. The smallest absolute Gasteiger partial charge is 0.411 e. The summed E-state index contributed by atoms with van der Waals surface area (Å²) in [6.45, 7) is 3.92. The summed E-state index contributed by atoms with van der Waals surface area (Å²) in [5.74, 6) is -0.0871. The van der Waals surface area contributed by atoms with Crippen molar-refractivity contribution in [1.29, 1.82) is 0 Å². The van der Waals surface area contributed by atoms with Crippen molar-refractivity contribution in [3.05, 3.63) is 82.5 Å². The highest BCUT2D eigenvalue weighted by Crippen LogP contribution is 2.18. The molecule has 0 aliphatic carbocycles. The quantitative estimate of drug-likeness (QED) is 0.545. The molecule has 0 fully saturated rings. The molecule has 156 valence electrons. The highest BCUT2D eigenvalue weighted by molar-refractivity contribution is 6.30. The Morgan fingerprint density at radius 3 is 2.50 bits per heavy atom. The van der Waals surface area contributed by atoms with Crippen molar-refractivity contribution in [1.82, 2.24) is 10.3 Å². The maximum atomic E-state index is 12.4. The normalized spacial score (nSPS) is 11.6. The fraction of sp³-hybridized carbons (Fsp3) is 0.227. The molecule has 1 heterocycles. The summed E-state index contributed by atoms with van der Waals surface area (Å²) in [6.07, 6.45) is 1.32. The Kier molecular flexibility index (Phi) is 7.08. The third-order valence-corrected chi connectivity index (χ3v) is 4.72. The molecule has 1 atom stereocenters. The largest absolute Gasteiger partial charge is 0.444 e. The van der Waals surface area contributed by atoms with E-state index in [1.165, 1.54) is 6.39 Å². The van der Waals surface area contributed by atoms with Gasteiger partial charge in [0, 0.05) is 10.7 Å². The average Bonchev–Trinajstić information content (AvgIpc) is 3.23. The summed E-state index contributed by atoms with van der Waals surface area (Å²) >= 11 is 5.83. The number of benzene rings is 2. The van der Waals surface area contributed by atoms with Crippen molar-refractivity contribution < 1.29 is 18.7 Å². The number of hydrogen-bond acceptors (Lipinski definition) is 5. The first-order valence-corrected chi connectivity index (χ1v) is 9.85. The van der Waals surface area contributed by atoms with Crippen LogP contribution in [0.5, 0.6) is 0 Å². The van der Waals surface area contributed by atoms with Gasteiger partial charge in [-0.3, -0.25) is 10.1 Å². The first-order valence-electron chi connectivity index (χ1n) is 9.47. The number of oxazole rings is 1. The second kappa shape index (κ2) is 9.93. The number of nitrogens with one attached hydrogen (secondary N) is 2. The zero-order valence-electron chi connectivity index (χ0n) is 16.6. The van der Waals surface area contributed by atoms with Crippen LogP contribution in [0.25, 0.3) is 0 Å². The van der Waals surface area contributed by atoms with Crippen molar-refractivity contribution in [2.24, 2.45) is 0 Å². The van der Waals surface area contributed by atoms with Crippen LogP contribution in [0.3, 0.4) is 0 Å². The Morgan fingerprint density at radius 2 is 1.83 bits per heavy atom. The van der Waals surface area contributed by atoms with Gasteiger partial charge in [-0.25, -0.2) is 9.78 Å². The van der Waals surface area contributed by atoms with Crippen LogP contribution in [0.2, 0.25) is 5.02 Å². The molecule has 2 amide bonds. The lowest BCUT2D eigenvalue weighted by molar-refractivity contribution is 0.0910. The fourth-order valence-electron chi connectivity index (χ4n) is 2.79. The van der Waals surface area contributed by atoms with Gasteiger partial charge in [0.1, 0.15) is 6.61 Å². The zero-order chi connectivity index (χ0) is 21.5. The van der Waals surface area contributed by atoms with Crippen LogP contribution >= 0.6 is 11.6 Å². The molecule has 7 nitrogen and oxygen atoms in total. The SMILES string of the molecule is CCc1ncoc1C(=O)NC(C)c1ccc(NC(=O)OCc2ccc(Cl)cc2)cc1. The minimum atomic E-state index is -0.559. The number of carbonyl (C=O) groups excluding carboxylic acids is 2. The molecule has 3 rings (SSSR count). The molecule has 1 aromatic heterocycles. The predicted octanol–water partition coefficient (Wildman–Crippen LogP) is 5.13. The topological polar surface area (TPSA) is 93.5 Å². The third-order valence-electron chi connectivity index (χ3n) is 4.47. The van der Waals surface area contributed by atoms with Crippen LogP contribution in [0.15, 0.2) is 59.3 Å². The van der Waals surface area contributed by atoms with Gasteiger partial charge < -0.3 is 14.5 Å². The molecule has 2 N–H and O–H groups in total. The molecule has 0 aliphatic rings. The summed E-state index contributed by atoms with van der Waals surface area (Å²) in [7, 11) is 0. The van der Waals surface area contributed by atoms with Crippen molar-refractivity contribution >= 4 is 29.3 Å². The van der Waals surface area contributed by atoms with Crippen molar-refractivity contribution in [2.45, 2.75) is 32.9 Å². The van der Waals surface area contributed by atoms with E-state index in [-0.39, 0.29) is 24.3 Å². The standard InChI is InChI=1S/C22H22ClN3O4/c1-3-19-20(30-13-24-19)21(27)25-14(2)16-6-10-18(11-7-16)26-22(28)29-12-15-4-8-17(23)9-5-15/h4-11,13-14H,3,12H2,1-2H3,(H,25,27)(H,26,28). The molecule has 8 heteroatoms. The van der Waals surface area contributed by atoms with E-state index in [0.717, 1.165) is 11.1 Å². The second-order valence-corrected chi connectivity index (χ2v) is 7.06. The van der Waals surface area contributed by atoms with Crippen molar-refractivity contribution in [3.8, 4) is 0 Å². The first kappa shape index (κ1) is 21.4. The molecule has 2 aromatic carbocycles. The molecule has 1 unspecified atom stereocenters. The Labute approximate surface area is 179 Å².